The predicted molar refractivity (Wildman–Crippen MR) is 100 cm³/mol. The van der Waals surface area contributed by atoms with Crippen molar-refractivity contribution in [2.24, 2.45) is 5.73 Å². The summed E-state index contributed by atoms with van der Waals surface area (Å²) in [4.78, 5) is 25.8. The van der Waals surface area contributed by atoms with Gasteiger partial charge in [-0.1, -0.05) is 12.1 Å². The Balaban J connectivity index is 2.19. The normalized spacial score (nSPS) is 10.0. The van der Waals surface area contributed by atoms with Crippen LogP contribution in [0.25, 0.3) is 0 Å². The summed E-state index contributed by atoms with van der Waals surface area (Å²) >= 11 is 0. The van der Waals surface area contributed by atoms with Gasteiger partial charge in [0.05, 0.1) is 11.6 Å². The Kier molecular flexibility index (Phi) is 6.89. The van der Waals surface area contributed by atoms with Crippen molar-refractivity contribution in [2.75, 3.05) is 18.4 Å². The third kappa shape index (κ3) is 5.43. The molecule has 0 heterocycles. The Bertz CT molecular complexity index is 809. The first-order valence-electron chi connectivity index (χ1n) is 8.39. The highest BCUT2D eigenvalue weighted by atomic mass is 16.2. The Morgan fingerprint density at radius 3 is 2.54 bits per heavy atom. The minimum Gasteiger partial charge on any atom is -0.334 e. The first kappa shape index (κ1) is 19.2. The average molecular weight is 350 g/mol. The van der Waals surface area contributed by atoms with Crippen molar-refractivity contribution in [3.8, 4) is 6.07 Å². The SMILES string of the molecule is CC(=O)Nc1cccc(CN(CCCN)C(=O)c2ccc(C#N)cc2)c1. The molecular formula is C20H22N4O2. The molecule has 3 N–H and O–H groups in total. The Labute approximate surface area is 153 Å². The molecule has 0 spiro atoms. The molecule has 2 rings (SSSR count). The second-order valence-electron chi connectivity index (χ2n) is 5.94. The van der Waals surface area contributed by atoms with Crippen LogP contribution >= 0.6 is 0 Å². The molecule has 0 saturated carbocycles. The highest BCUT2D eigenvalue weighted by Crippen LogP contribution is 2.15. The number of nitrogens with zero attached hydrogens (tertiary/aromatic N) is 2. The van der Waals surface area contributed by atoms with Crippen molar-refractivity contribution >= 4 is 17.5 Å². The van der Waals surface area contributed by atoms with E-state index in [9.17, 15) is 9.59 Å². The molecule has 2 amide bonds. The van der Waals surface area contributed by atoms with Crippen molar-refractivity contribution in [2.45, 2.75) is 19.9 Å². The van der Waals surface area contributed by atoms with E-state index < -0.39 is 0 Å². The van der Waals surface area contributed by atoms with Crippen LogP contribution in [0.3, 0.4) is 0 Å². The van der Waals surface area contributed by atoms with Crippen LogP contribution < -0.4 is 11.1 Å². The van der Waals surface area contributed by atoms with Gasteiger partial charge in [0.2, 0.25) is 5.91 Å². The van der Waals surface area contributed by atoms with Crippen molar-refractivity contribution in [1.82, 2.24) is 4.90 Å². The van der Waals surface area contributed by atoms with Gasteiger partial charge in [-0.3, -0.25) is 9.59 Å². The number of amides is 2. The highest BCUT2D eigenvalue weighted by Gasteiger charge is 2.16. The quantitative estimate of drug-likeness (QED) is 0.801. The van der Waals surface area contributed by atoms with E-state index >= 15 is 0 Å². The lowest BCUT2D eigenvalue weighted by Gasteiger charge is -2.23. The third-order valence-corrected chi connectivity index (χ3v) is 3.80. The van der Waals surface area contributed by atoms with Gasteiger partial charge < -0.3 is 16.0 Å². The molecule has 6 heteroatoms. The molecule has 0 aliphatic carbocycles. The van der Waals surface area contributed by atoms with Gasteiger partial charge >= 0.3 is 0 Å². The first-order valence-corrected chi connectivity index (χ1v) is 8.39. The fourth-order valence-electron chi connectivity index (χ4n) is 2.58. The van der Waals surface area contributed by atoms with Gasteiger partial charge in [-0.25, -0.2) is 0 Å². The molecule has 0 saturated heterocycles. The van der Waals surface area contributed by atoms with E-state index in [-0.39, 0.29) is 11.8 Å². The molecule has 0 aliphatic rings. The van der Waals surface area contributed by atoms with Gasteiger partial charge in [-0.05, 0) is 54.9 Å². The van der Waals surface area contributed by atoms with Crippen molar-refractivity contribution in [1.29, 1.82) is 5.26 Å². The van der Waals surface area contributed by atoms with Crippen LogP contribution in [0, 0.1) is 11.3 Å². The molecule has 2 aromatic rings. The molecule has 26 heavy (non-hydrogen) atoms. The molecule has 0 bridgehead atoms. The zero-order valence-electron chi connectivity index (χ0n) is 14.7. The second-order valence-corrected chi connectivity index (χ2v) is 5.94. The number of carbonyl (C=O) groups excluding carboxylic acids is 2. The number of benzene rings is 2. The number of rotatable bonds is 7. The summed E-state index contributed by atoms with van der Waals surface area (Å²) in [6.07, 6.45) is 0.688. The van der Waals surface area contributed by atoms with E-state index in [1.54, 1.807) is 35.2 Å². The lowest BCUT2D eigenvalue weighted by atomic mass is 10.1. The van der Waals surface area contributed by atoms with E-state index in [0.717, 1.165) is 5.56 Å². The predicted octanol–water partition coefficient (Wildman–Crippen LogP) is 2.51. The third-order valence-electron chi connectivity index (χ3n) is 3.80. The van der Waals surface area contributed by atoms with Crippen molar-refractivity contribution in [3.63, 3.8) is 0 Å². The Morgan fingerprint density at radius 2 is 1.92 bits per heavy atom. The number of anilines is 1. The van der Waals surface area contributed by atoms with E-state index in [4.69, 9.17) is 11.0 Å². The van der Waals surface area contributed by atoms with Gasteiger partial charge in [-0.15, -0.1) is 0 Å². The topological polar surface area (TPSA) is 99.2 Å². The van der Waals surface area contributed by atoms with Crippen LogP contribution in [0.15, 0.2) is 48.5 Å². The number of hydrogen-bond acceptors (Lipinski definition) is 4. The van der Waals surface area contributed by atoms with Crippen LogP contribution in [0.1, 0.15) is 34.8 Å². The summed E-state index contributed by atoms with van der Waals surface area (Å²) in [6, 6.07) is 16.0. The zero-order chi connectivity index (χ0) is 18.9. The molecule has 0 aliphatic heterocycles. The summed E-state index contributed by atoms with van der Waals surface area (Å²) in [7, 11) is 0. The molecule has 0 aromatic heterocycles. The van der Waals surface area contributed by atoms with Crippen molar-refractivity contribution in [3.05, 3.63) is 65.2 Å². The summed E-state index contributed by atoms with van der Waals surface area (Å²) in [5.41, 5.74) is 8.25. The second kappa shape index (κ2) is 9.35. The molecular weight excluding hydrogens is 328 g/mol. The summed E-state index contributed by atoms with van der Waals surface area (Å²) in [5, 5.41) is 11.6. The Hall–Kier alpha value is -3.17. The largest absolute Gasteiger partial charge is 0.334 e. The fourth-order valence-corrected chi connectivity index (χ4v) is 2.58. The van der Waals surface area contributed by atoms with Gasteiger partial charge in [0.15, 0.2) is 0 Å². The van der Waals surface area contributed by atoms with Crippen LogP contribution in [0.4, 0.5) is 5.69 Å². The lowest BCUT2D eigenvalue weighted by Crippen LogP contribution is -2.32. The standard InChI is InChI=1S/C20H22N4O2/c1-15(25)23-19-5-2-4-17(12-19)14-24(11-3-10-21)20(26)18-8-6-16(13-22)7-9-18/h2,4-9,12H,3,10-11,14,21H2,1H3,(H,23,25). The van der Waals surface area contributed by atoms with Crippen LogP contribution in [0.5, 0.6) is 0 Å². The molecule has 0 unspecified atom stereocenters. The molecule has 134 valence electrons. The maximum atomic E-state index is 12.8. The number of hydrogen-bond donors (Lipinski definition) is 2. The first-order chi connectivity index (χ1) is 12.5. The molecule has 0 fully saturated rings. The molecule has 2 aromatic carbocycles. The van der Waals surface area contributed by atoms with Crippen molar-refractivity contribution < 1.29 is 9.59 Å². The van der Waals surface area contributed by atoms with E-state index in [0.29, 0.717) is 42.9 Å². The van der Waals surface area contributed by atoms with Crippen LogP contribution in [-0.4, -0.2) is 29.8 Å². The average Bonchev–Trinajstić information content (AvgIpc) is 2.64. The number of nitrogens with one attached hydrogen (secondary N) is 1. The zero-order valence-corrected chi connectivity index (χ0v) is 14.7. The van der Waals surface area contributed by atoms with Gasteiger partial charge in [0.25, 0.3) is 5.91 Å². The number of carbonyl (C=O) groups is 2. The van der Waals surface area contributed by atoms with Crippen LogP contribution in [0.2, 0.25) is 0 Å². The lowest BCUT2D eigenvalue weighted by molar-refractivity contribution is -0.114. The number of nitrogens with two attached hydrogens (primary N) is 1. The minimum absolute atomic E-state index is 0.118. The molecule has 0 atom stereocenters. The molecule has 6 nitrogen and oxygen atoms in total. The summed E-state index contributed by atoms with van der Waals surface area (Å²) in [5.74, 6) is -0.260. The van der Waals surface area contributed by atoms with Gasteiger partial charge in [-0.2, -0.15) is 5.26 Å². The highest BCUT2D eigenvalue weighted by molar-refractivity contribution is 5.94. The summed E-state index contributed by atoms with van der Waals surface area (Å²) < 4.78 is 0. The van der Waals surface area contributed by atoms with E-state index in [1.165, 1.54) is 6.92 Å². The van der Waals surface area contributed by atoms with E-state index in [1.807, 2.05) is 24.3 Å². The fraction of sp³-hybridized carbons (Fsp3) is 0.250. The maximum Gasteiger partial charge on any atom is 0.254 e. The smallest absolute Gasteiger partial charge is 0.254 e. The molecule has 0 radical (unpaired) electrons. The number of nitriles is 1. The maximum absolute atomic E-state index is 12.8. The summed E-state index contributed by atoms with van der Waals surface area (Å²) in [6.45, 7) is 2.88. The van der Waals surface area contributed by atoms with Gasteiger partial charge in [0.1, 0.15) is 0 Å². The van der Waals surface area contributed by atoms with Crippen LogP contribution in [-0.2, 0) is 11.3 Å². The van der Waals surface area contributed by atoms with E-state index in [2.05, 4.69) is 5.32 Å². The van der Waals surface area contributed by atoms with Gasteiger partial charge in [0, 0.05) is 31.3 Å². The Morgan fingerprint density at radius 1 is 1.19 bits per heavy atom. The minimum atomic E-state index is -0.143. The monoisotopic (exact) mass is 350 g/mol.